The molecule has 0 bridgehead atoms. The van der Waals surface area contributed by atoms with Gasteiger partial charge in [0.25, 0.3) is 5.91 Å². The Morgan fingerprint density at radius 2 is 1.72 bits per heavy atom. The van der Waals surface area contributed by atoms with Crippen molar-refractivity contribution < 1.29 is 17.8 Å². The second-order valence-electron chi connectivity index (χ2n) is 8.76. The number of anilines is 1. The Kier molecular flexibility index (Phi) is 6.50. The summed E-state index contributed by atoms with van der Waals surface area (Å²) in [6.07, 6.45) is 6.24. The van der Waals surface area contributed by atoms with E-state index in [0.717, 1.165) is 22.9 Å². The summed E-state index contributed by atoms with van der Waals surface area (Å²) >= 11 is -1.21. The number of rotatable bonds is 5. The van der Waals surface area contributed by atoms with E-state index in [1.807, 2.05) is 42.5 Å². The molecule has 0 spiro atoms. The van der Waals surface area contributed by atoms with Gasteiger partial charge >= 0.3 is 0 Å². The van der Waals surface area contributed by atoms with Crippen molar-refractivity contribution in [2.24, 2.45) is 0 Å². The third-order valence-electron chi connectivity index (χ3n) is 6.45. The van der Waals surface area contributed by atoms with E-state index >= 15 is 0 Å². The number of aromatic nitrogens is 2. The highest BCUT2D eigenvalue weighted by molar-refractivity contribution is 7.90. The molecule has 36 heavy (non-hydrogen) atoms. The summed E-state index contributed by atoms with van der Waals surface area (Å²) in [5.41, 5.74) is 3.60. The normalized spacial score (nSPS) is 15.3. The number of piperazine rings is 1. The highest BCUT2D eigenvalue weighted by Gasteiger charge is 2.27. The molecule has 1 fully saturated rings. The Morgan fingerprint density at radius 3 is 2.39 bits per heavy atom. The summed E-state index contributed by atoms with van der Waals surface area (Å²) in [5.74, 6) is -0.189. The molecular formula is C26H26N4O4S2. The minimum Gasteiger partial charge on any atom is -0.593 e. The van der Waals surface area contributed by atoms with E-state index in [4.69, 9.17) is 0 Å². The van der Waals surface area contributed by atoms with Crippen molar-refractivity contribution in [1.82, 2.24) is 13.9 Å². The molecule has 0 radical (unpaired) electrons. The number of carbonyl (C=O) groups is 1. The molecule has 1 atom stereocenters. The fraction of sp³-hybridized carbons (Fsp3) is 0.231. The van der Waals surface area contributed by atoms with E-state index in [9.17, 15) is 17.8 Å². The molecule has 186 valence electrons. The first-order chi connectivity index (χ1) is 17.2. The van der Waals surface area contributed by atoms with Crippen molar-refractivity contribution in [2.75, 3.05) is 43.6 Å². The Labute approximate surface area is 213 Å². The Morgan fingerprint density at radius 1 is 1.00 bits per heavy atom. The topological polar surface area (TPSA) is 98.6 Å². The van der Waals surface area contributed by atoms with Crippen LogP contribution in [-0.4, -0.2) is 71.4 Å². The van der Waals surface area contributed by atoms with Gasteiger partial charge in [0.2, 0.25) is 0 Å². The van der Waals surface area contributed by atoms with Crippen LogP contribution in [0.15, 0.2) is 78.0 Å². The summed E-state index contributed by atoms with van der Waals surface area (Å²) in [6, 6.07) is 18.1. The van der Waals surface area contributed by atoms with Gasteiger partial charge in [-0.1, -0.05) is 36.4 Å². The molecule has 5 rings (SSSR count). The SMILES string of the molecule is C[S+]([O-])n1ccc2c(N3CCN(C(=O)c4cc(S(C)(=O)=O)ccc4-c4ccccc4)CC3)ccnc21. The summed E-state index contributed by atoms with van der Waals surface area (Å²) < 4.78 is 38.1. The van der Waals surface area contributed by atoms with Crippen molar-refractivity contribution in [3.05, 3.63) is 78.6 Å². The first kappa shape index (κ1) is 24.4. The van der Waals surface area contributed by atoms with Crippen LogP contribution in [0.5, 0.6) is 0 Å². The second-order valence-corrected chi connectivity index (χ2v) is 12.0. The Balaban J connectivity index is 1.42. The van der Waals surface area contributed by atoms with Crippen LogP contribution in [0.2, 0.25) is 0 Å². The molecule has 1 amide bonds. The van der Waals surface area contributed by atoms with Gasteiger partial charge in [-0.15, -0.1) is 0 Å². The van der Waals surface area contributed by atoms with E-state index in [2.05, 4.69) is 9.88 Å². The average Bonchev–Trinajstić information content (AvgIpc) is 3.33. The van der Waals surface area contributed by atoms with Crippen molar-refractivity contribution in [1.29, 1.82) is 0 Å². The number of carbonyl (C=O) groups excluding carboxylic acids is 1. The maximum atomic E-state index is 13.7. The smallest absolute Gasteiger partial charge is 0.254 e. The quantitative estimate of drug-likeness (QED) is 0.373. The largest absolute Gasteiger partial charge is 0.593 e. The summed E-state index contributed by atoms with van der Waals surface area (Å²) in [7, 11) is -3.47. The van der Waals surface area contributed by atoms with Crippen LogP contribution in [0.4, 0.5) is 5.69 Å². The van der Waals surface area contributed by atoms with Gasteiger partial charge in [-0.05, 0) is 35.4 Å². The number of nitrogens with zero attached hydrogens (tertiary/aromatic N) is 4. The highest BCUT2D eigenvalue weighted by atomic mass is 32.2. The van der Waals surface area contributed by atoms with E-state index < -0.39 is 21.2 Å². The molecule has 1 saturated heterocycles. The molecule has 0 saturated carbocycles. The zero-order valence-corrected chi connectivity index (χ0v) is 21.6. The van der Waals surface area contributed by atoms with Gasteiger partial charge in [0.1, 0.15) is 6.26 Å². The van der Waals surface area contributed by atoms with Crippen molar-refractivity contribution in [3.8, 4) is 11.1 Å². The van der Waals surface area contributed by atoms with Crippen LogP contribution in [0.1, 0.15) is 10.4 Å². The Hall–Kier alpha value is -3.34. The van der Waals surface area contributed by atoms with Gasteiger partial charge in [0, 0.05) is 55.3 Å². The standard InChI is InChI=1S/C26H26N4O4S2/c1-35(32)30-13-11-22-24(10-12-27-25(22)30)28-14-16-29(17-15-28)26(31)23-18-20(36(2,33)34)8-9-21(23)19-6-4-3-5-7-19/h3-13,18H,14-17H2,1-2H3. The third-order valence-corrected chi connectivity index (χ3v) is 8.41. The maximum absolute atomic E-state index is 13.7. The van der Waals surface area contributed by atoms with E-state index in [1.54, 1.807) is 39.7 Å². The molecule has 2 aromatic heterocycles. The lowest BCUT2D eigenvalue weighted by atomic mass is 9.98. The minimum atomic E-state index is -3.47. The molecule has 0 aliphatic carbocycles. The van der Waals surface area contributed by atoms with E-state index in [-0.39, 0.29) is 10.8 Å². The summed E-state index contributed by atoms with van der Waals surface area (Å²) in [5, 5.41) is 0.916. The molecule has 1 aliphatic heterocycles. The summed E-state index contributed by atoms with van der Waals surface area (Å²) in [4.78, 5) is 22.2. The third kappa shape index (κ3) is 4.59. The van der Waals surface area contributed by atoms with Gasteiger partial charge in [0.05, 0.1) is 22.5 Å². The zero-order valence-electron chi connectivity index (χ0n) is 20.0. The molecular weight excluding hydrogens is 496 g/mol. The van der Waals surface area contributed by atoms with Crippen LogP contribution < -0.4 is 4.90 Å². The van der Waals surface area contributed by atoms with Gasteiger partial charge in [0.15, 0.2) is 15.5 Å². The van der Waals surface area contributed by atoms with Crippen LogP contribution in [0.3, 0.4) is 0 Å². The number of pyridine rings is 1. The number of fused-ring (bicyclic) bond motifs is 1. The number of amides is 1. The maximum Gasteiger partial charge on any atom is 0.254 e. The number of sulfone groups is 1. The van der Waals surface area contributed by atoms with Crippen LogP contribution in [0, 0.1) is 0 Å². The lowest BCUT2D eigenvalue weighted by Crippen LogP contribution is -2.49. The minimum absolute atomic E-state index is 0.126. The van der Waals surface area contributed by atoms with Crippen LogP contribution in [-0.2, 0) is 21.2 Å². The van der Waals surface area contributed by atoms with Crippen LogP contribution >= 0.6 is 0 Å². The van der Waals surface area contributed by atoms with Crippen LogP contribution in [0.25, 0.3) is 22.2 Å². The van der Waals surface area contributed by atoms with Gasteiger partial charge < -0.3 is 14.4 Å². The lowest BCUT2D eigenvalue weighted by Gasteiger charge is -2.36. The summed E-state index contributed by atoms with van der Waals surface area (Å²) in [6.45, 7) is 2.19. The zero-order chi connectivity index (χ0) is 25.4. The second kappa shape index (κ2) is 9.61. The Bertz CT molecular complexity index is 1530. The molecule has 4 aromatic rings. The van der Waals surface area contributed by atoms with Gasteiger partial charge in [-0.2, -0.15) is 3.97 Å². The highest BCUT2D eigenvalue weighted by Crippen LogP contribution is 2.30. The molecule has 8 nitrogen and oxygen atoms in total. The van der Waals surface area contributed by atoms with Crippen molar-refractivity contribution >= 4 is 43.8 Å². The molecule has 0 N–H and O–H groups in total. The first-order valence-electron chi connectivity index (χ1n) is 11.5. The predicted octanol–water partition coefficient (Wildman–Crippen LogP) is 3.21. The molecule has 3 heterocycles. The number of hydrogen-bond acceptors (Lipinski definition) is 6. The molecule has 10 heteroatoms. The number of benzene rings is 2. The average molecular weight is 523 g/mol. The van der Waals surface area contributed by atoms with E-state index in [0.29, 0.717) is 43.0 Å². The van der Waals surface area contributed by atoms with Crippen molar-refractivity contribution in [2.45, 2.75) is 4.90 Å². The predicted molar refractivity (Wildman–Crippen MR) is 142 cm³/mol. The molecule has 1 aliphatic rings. The van der Waals surface area contributed by atoms with Gasteiger partial charge in [-0.3, -0.25) is 4.79 Å². The van der Waals surface area contributed by atoms with E-state index in [1.165, 1.54) is 6.07 Å². The molecule has 1 unspecified atom stereocenters. The number of hydrogen-bond donors (Lipinski definition) is 0. The monoisotopic (exact) mass is 522 g/mol. The first-order valence-corrected chi connectivity index (χ1v) is 14.9. The molecule has 2 aromatic carbocycles. The van der Waals surface area contributed by atoms with Gasteiger partial charge in [-0.25, -0.2) is 13.4 Å². The lowest BCUT2D eigenvalue weighted by molar-refractivity contribution is 0.0747. The fourth-order valence-electron chi connectivity index (χ4n) is 4.61. The van der Waals surface area contributed by atoms with Crippen molar-refractivity contribution in [3.63, 3.8) is 0 Å². The fourth-order valence-corrected chi connectivity index (χ4v) is 5.87.